The van der Waals surface area contributed by atoms with Gasteiger partial charge in [-0.1, -0.05) is 0 Å². The predicted octanol–water partition coefficient (Wildman–Crippen LogP) is 0.268. The van der Waals surface area contributed by atoms with E-state index in [0.29, 0.717) is 0 Å². The Hall–Kier alpha value is -0.630. The summed E-state index contributed by atoms with van der Waals surface area (Å²) in [6.07, 6.45) is 3.68. The van der Waals surface area contributed by atoms with E-state index in [1.807, 2.05) is 7.05 Å². The summed E-state index contributed by atoms with van der Waals surface area (Å²) < 4.78 is 0. The van der Waals surface area contributed by atoms with Gasteiger partial charge in [0.05, 0.1) is 12.1 Å². The third-order valence-corrected chi connectivity index (χ3v) is 3.91. The van der Waals surface area contributed by atoms with Crippen LogP contribution in [0.4, 0.5) is 0 Å². The van der Waals surface area contributed by atoms with Crippen molar-refractivity contribution in [3.05, 3.63) is 0 Å². The number of fused-ring (bicyclic) bond motifs is 1. The first-order chi connectivity index (χ1) is 7.83. The van der Waals surface area contributed by atoms with Gasteiger partial charge in [0.25, 0.3) is 0 Å². The maximum Gasteiger partial charge on any atom is 0.0962 e. The van der Waals surface area contributed by atoms with Gasteiger partial charge in [0.15, 0.2) is 0 Å². The highest BCUT2D eigenvalue weighted by Crippen LogP contribution is 2.21. The second kappa shape index (κ2) is 5.62. The first-order valence-corrected chi connectivity index (χ1v) is 6.37. The van der Waals surface area contributed by atoms with E-state index in [-0.39, 0.29) is 6.04 Å². The summed E-state index contributed by atoms with van der Waals surface area (Å²) in [4.78, 5) is 5.14. The van der Waals surface area contributed by atoms with Crippen molar-refractivity contribution in [3.8, 4) is 6.07 Å². The minimum atomic E-state index is 0.0154. The highest BCUT2D eigenvalue weighted by molar-refractivity contribution is 4.91. The molecule has 2 aliphatic heterocycles. The van der Waals surface area contributed by atoms with Crippen LogP contribution in [-0.4, -0.2) is 61.7 Å². The van der Waals surface area contributed by atoms with Crippen molar-refractivity contribution in [2.45, 2.75) is 31.3 Å². The smallest absolute Gasteiger partial charge is 0.0962 e. The van der Waals surface area contributed by atoms with E-state index in [0.717, 1.165) is 19.0 Å². The Morgan fingerprint density at radius 3 is 3.06 bits per heavy atom. The summed E-state index contributed by atoms with van der Waals surface area (Å²) in [5.74, 6) is 0. The summed E-state index contributed by atoms with van der Waals surface area (Å²) in [5.41, 5.74) is 0. The van der Waals surface area contributed by atoms with Crippen molar-refractivity contribution in [3.63, 3.8) is 0 Å². The van der Waals surface area contributed by atoms with Gasteiger partial charge in [-0.05, 0) is 32.9 Å². The summed E-state index contributed by atoms with van der Waals surface area (Å²) >= 11 is 0. The maximum absolute atomic E-state index is 8.87. The molecule has 2 atom stereocenters. The van der Waals surface area contributed by atoms with Gasteiger partial charge in [0.1, 0.15) is 0 Å². The Kier molecular flexibility index (Phi) is 4.16. The standard InChI is InChI=1S/C12H22N4/c1-14-11(9-13)4-6-15-7-8-16-5-2-3-12(16)10-15/h11-12,14H,2-8,10H2,1H3. The average Bonchev–Trinajstić information content (AvgIpc) is 2.77. The third kappa shape index (κ3) is 2.73. The molecule has 0 bridgehead atoms. The minimum Gasteiger partial charge on any atom is -0.305 e. The molecule has 2 rings (SSSR count). The molecule has 4 nitrogen and oxygen atoms in total. The summed E-state index contributed by atoms with van der Waals surface area (Å²) in [6.45, 7) is 5.97. The van der Waals surface area contributed by atoms with Crippen molar-refractivity contribution in [1.82, 2.24) is 15.1 Å². The fourth-order valence-corrected chi connectivity index (χ4v) is 2.84. The third-order valence-electron chi connectivity index (χ3n) is 3.91. The molecular formula is C12H22N4. The van der Waals surface area contributed by atoms with Crippen LogP contribution in [0.25, 0.3) is 0 Å². The van der Waals surface area contributed by atoms with Crippen LogP contribution >= 0.6 is 0 Å². The molecule has 0 saturated carbocycles. The van der Waals surface area contributed by atoms with Crippen LogP contribution in [0.15, 0.2) is 0 Å². The van der Waals surface area contributed by atoms with E-state index in [2.05, 4.69) is 21.2 Å². The van der Waals surface area contributed by atoms with Gasteiger partial charge < -0.3 is 10.2 Å². The van der Waals surface area contributed by atoms with Gasteiger partial charge in [-0.2, -0.15) is 5.26 Å². The molecule has 0 radical (unpaired) electrons. The van der Waals surface area contributed by atoms with Crippen molar-refractivity contribution in [2.75, 3.05) is 39.8 Å². The van der Waals surface area contributed by atoms with Gasteiger partial charge in [0, 0.05) is 32.2 Å². The van der Waals surface area contributed by atoms with Crippen LogP contribution in [0.3, 0.4) is 0 Å². The van der Waals surface area contributed by atoms with Crippen molar-refractivity contribution in [2.24, 2.45) is 0 Å². The highest BCUT2D eigenvalue weighted by atomic mass is 15.3. The minimum absolute atomic E-state index is 0.0154. The highest BCUT2D eigenvalue weighted by Gasteiger charge is 2.30. The number of nitriles is 1. The zero-order valence-corrected chi connectivity index (χ0v) is 10.2. The molecule has 2 fully saturated rings. The van der Waals surface area contributed by atoms with Crippen molar-refractivity contribution in [1.29, 1.82) is 5.26 Å². The summed E-state index contributed by atoms with van der Waals surface area (Å²) in [7, 11) is 1.86. The van der Waals surface area contributed by atoms with Crippen LogP contribution in [0.5, 0.6) is 0 Å². The summed E-state index contributed by atoms with van der Waals surface area (Å²) in [6, 6.07) is 3.10. The topological polar surface area (TPSA) is 42.3 Å². The summed E-state index contributed by atoms with van der Waals surface area (Å²) in [5, 5.41) is 11.9. The van der Waals surface area contributed by atoms with Crippen LogP contribution in [-0.2, 0) is 0 Å². The van der Waals surface area contributed by atoms with E-state index in [4.69, 9.17) is 5.26 Å². The molecule has 0 aromatic carbocycles. The lowest BCUT2D eigenvalue weighted by molar-refractivity contribution is 0.103. The Morgan fingerprint density at radius 2 is 2.31 bits per heavy atom. The average molecular weight is 222 g/mol. The molecule has 2 saturated heterocycles. The molecule has 0 spiro atoms. The van der Waals surface area contributed by atoms with Crippen molar-refractivity contribution < 1.29 is 0 Å². The number of nitrogens with zero attached hydrogens (tertiary/aromatic N) is 3. The van der Waals surface area contributed by atoms with E-state index in [1.165, 1.54) is 39.0 Å². The van der Waals surface area contributed by atoms with E-state index < -0.39 is 0 Å². The Labute approximate surface area is 98.2 Å². The van der Waals surface area contributed by atoms with Crippen LogP contribution in [0, 0.1) is 11.3 Å². The lowest BCUT2D eigenvalue weighted by Crippen LogP contribution is -2.50. The number of hydrogen-bond donors (Lipinski definition) is 1. The Bertz CT molecular complexity index is 260. The lowest BCUT2D eigenvalue weighted by Gasteiger charge is -2.37. The molecule has 4 heteroatoms. The van der Waals surface area contributed by atoms with E-state index in [9.17, 15) is 0 Å². The molecule has 0 amide bonds. The molecule has 0 aromatic heterocycles. The van der Waals surface area contributed by atoms with Gasteiger partial charge >= 0.3 is 0 Å². The molecule has 0 aromatic rings. The van der Waals surface area contributed by atoms with Crippen molar-refractivity contribution >= 4 is 0 Å². The molecule has 2 unspecified atom stereocenters. The number of hydrogen-bond acceptors (Lipinski definition) is 4. The fourth-order valence-electron chi connectivity index (χ4n) is 2.84. The molecule has 90 valence electrons. The van der Waals surface area contributed by atoms with Gasteiger partial charge in [-0.25, -0.2) is 0 Å². The number of nitrogens with one attached hydrogen (secondary N) is 1. The van der Waals surface area contributed by atoms with Crippen LogP contribution in [0.2, 0.25) is 0 Å². The fraction of sp³-hybridized carbons (Fsp3) is 0.917. The van der Waals surface area contributed by atoms with E-state index in [1.54, 1.807) is 0 Å². The van der Waals surface area contributed by atoms with Gasteiger partial charge in [0.2, 0.25) is 0 Å². The quantitative estimate of drug-likeness (QED) is 0.741. The van der Waals surface area contributed by atoms with Crippen LogP contribution < -0.4 is 5.32 Å². The molecule has 0 aliphatic carbocycles. The number of piperazine rings is 1. The Balaban J connectivity index is 1.73. The zero-order chi connectivity index (χ0) is 11.4. The first-order valence-electron chi connectivity index (χ1n) is 6.37. The predicted molar refractivity (Wildman–Crippen MR) is 64.1 cm³/mol. The van der Waals surface area contributed by atoms with Gasteiger partial charge in [-0.15, -0.1) is 0 Å². The monoisotopic (exact) mass is 222 g/mol. The molecule has 1 N–H and O–H groups in total. The first kappa shape index (κ1) is 11.8. The SMILES string of the molecule is CNC(C#N)CCN1CCN2CCCC2C1. The normalized spacial score (nSPS) is 28.6. The second-order valence-corrected chi connectivity index (χ2v) is 4.89. The lowest BCUT2D eigenvalue weighted by atomic mass is 10.1. The van der Waals surface area contributed by atoms with E-state index >= 15 is 0 Å². The molecule has 2 heterocycles. The molecule has 16 heavy (non-hydrogen) atoms. The molecule has 2 aliphatic rings. The number of rotatable bonds is 4. The van der Waals surface area contributed by atoms with Gasteiger partial charge in [-0.3, -0.25) is 4.90 Å². The molecular weight excluding hydrogens is 200 g/mol. The maximum atomic E-state index is 8.87. The largest absolute Gasteiger partial charge is 0.305 e. The van der Waals surface area contributed by atoms with Crippen LogP contribution in [0.1, 0.15) is 19.3 Å². The zero-order valence-electron chi connectivity index (χ0n) is 10.2. The second-order valence-electron chi connectivity index (χ2n) is 4.89. The Morgan fingerprint density at radius 1 is 1.44 bits per heavy atom.